The monoisotopic (exact) mass is 413 g/mol. The molecule has 0 aromatic heterocycles. The minimum absolute atomic E-state index is 0.0558. The summed E-state index contributed by atoms with van der Waals surface area (Å²) in [5.41, 5.74) is 2.27. The molecule has 2 N–H and O–H groups in total. The predicted molar refractivity (Wildman–Crippen MR) is 112 cm³/mol. The average Bonchev–Trinajstić information content (AvgIpc) is 3.22. The van der Waals surface area contributed by atoms with Crippen LogP contribution in [0.15, 0.2) is 60.7 Å². The largest absolute Gasteiger partial charge is 0.396 e. The van der Waals surface area contributed by atoms with Gasteiger partial charge in [0.25, 0.3) is 0 Å². The van der Waals surface area contributed by atoms with Crippen molar-refractivity contribution >= 4 is 0 Å². The first-order valence-corrected chi connectivity index (χ1v) is 10.6. The molecule has 2 aliphatic rings. The van der Waals surface area contributed by atoms with Crippen molar-refractivity contribution < 1.29 is 24.1 Å². The Morgan fingerprint density at radius 1 is 1.00 bits per heavy atom. The lowest BCUT2D eigenvalue weighted by Gasteiger charge is -2.31. The number of aliphatic hydroxyl groups excluding tert-OH is 1. The van der Waals surface area contributed by atoms with Crippen molar-refractivity contribution in [2.45, 2.75) is 69.9 Å². The van der Waals surface area contributed by atoms with Gasteiger partial charge in [0.2, 0.25) is 0 Å². The molecule has 0 saturated carbocycles. The molecule has 0 spiro atoms. The van der Waals surface area contributed by atoms with Crippen molar-refractivity contribution in [1.29, 1.82) is 0 Å². The number of aliphatic hydroxyl groups is 1. The van der Waals surface area contributed by atoms with Crippen molar-refractivity contribution in [1.82, 2.24) is 5.32 Å². The molecule has 0 unspecified atom stereocenters. The molecule has 162 valence electrons. The van der Waals surface area contributed by atoms with Gasteiger partial charge >= 0.3 is 0 Å². The molecule has 6 heteroatoms. The molecule has 30 heavy (non-hydrogen) atoms. The Hall–Kier alpha value is -1.80. The second-order valence-electron chi connectivity index (χ2n) is 8.32. The lowest BCUT2D eigenvalue weighted by Crippen LogP contribution is -2.49. The van der Waals surface area contributed by atoms with Crippen LogP contribution in [0.1, 0.15) is 31.4 Å². The highest BCUT2D eigenvalue weighted by Crippen LogP contribution is 2.40. The molecule has 2 heterocycles. The Kier molecular flexibility index (Phi) is 6.83. The highest BCUT2D eigenvalue weighted by atomic mass is 16.8. The molecule has 0 amide bonds. The van der Waals surface area contributed by atoms with Gasteiger partial charge in [-0.3, -0.25) is 0 Å². The van der Waals surface area contributed by atoms with E-state index in [2.05, 4.69) is 17.4 Å². The van der Waals surface area contributed by atoms with Crippen molar-refractivity contribution in [2.24, 2.45) is 0 Å². The Morgan fingerprint density at radius 2 is 1.67 bits per heavy atom. The molecular formula is C24H31NO5. The van der Waals surface area contributed by atoms with Crippen LogP contribution in [0, 0.1) is 0 Å². The first-order valence-electron chi connectivity index (χ1n) is 10.6. The van der Waals surface area contributed by atoms with Gasteiger partial charge in [0, 0.05) is 19.2 Å². The number of rotatable bonds is 9. The lowest BCUT2D eigenvalue weighted by atomic mass is 10.00. The van der Waals surface area contributed by atoms with Gasteiger partial charge in [0.1, 0.15) is 18.3 Å². The summed E-state index contributed by atoms with van der Waals surface area (Å²) in [7, 11) is 0. The maximum Gasteiger partial charge on any atom is 0.190 e. The van der Waals surface area contributed by atoms with Gasteiger partial charge in [0.15, 0.2) is 12.1 Å². The summed E-state index contributed by atoms with van der Waals surface area (Å²) >= 11 is 0. The molecule has 0 aliphatic carbocycles. The van der Waals surface area contributed by atoms with Crippen LogP contribution in [0.5, 0.6) is 0 Å². The third kappa shape index (κ3) is 5.09. The first-order chi connectivity index (χ1) is 14.6. The van der Waals surface area contributed by atoms with E-state index in [1.54, 1.807) is 0 Å². The fourth-order valence-electron chi connectivity index (χ4n) is 4.15. The summed E-state index contributed by atoms with van der Waals surface area (Å²) in [5.74, 6) is -0.710. The van der Waals surface area contributed by atoms with E-state index in [9.17, 15) is 5.11 Å². The van der Waals surface area contributed by atoms with Crippen LogP contribution in [-0.2, 0) is 32.1 Å². The van der Waals surface area contributed by atoms with Crippen LogP contribution in [0.4, 0.5) is 0 Å². The van der Waals surface area contributed by atoms with Gasteiger partial charge in [-0.15, -0.1) is 0 Å². The molecular weight excluding hydrogens is 382 g/mol. The van der Waals surface area contributed by atoms with E-state index in [1.165, 1.54) is 5.56 Å². The minimum atomic E-state index is -0.710. The molecule has 0 radical (unpaired) electrons. The molecule has 6 nitrogen and oxygen atoms in total. The molecule has 2 aliphatic heterocycles. The second kappa shape index (κ2) is 9.56. The van der Waals surface area contributed by atoms with Gasteiger partial charge in [0.05, 0.1) is 6.61 Å². The first kappa shape index (κ1) is 21.4. The van der Waals surface area contributed by atoms with Crippen molar-refractivity contribution in [3.05, 3.63) is 71.8 Å². The standard InChI is InChI=1S/C24H31NO5/c1-24(2)29-22-21(27-16-18-11-7-4-8-12-18)20(28-23(22)30-24)19(13-14-26)25-15-17-9-5-3-6-10-17/h3-12,19-23,25-26H,13-16H2,1-2H3/t19-,20+,21-,22+,23+/m0/s1. The summed E-state index contributed by atoms with van der Waals surface area (Å²) in [6.45, 7) is 4.97. The summed E-state index contributed by atoms with van der Waals surface area (Å²) in [6.07, 6.45) is -0.850. The number of hydrogen-bond donors (Lipinski definition) is 2. The maximum absolute atomic E-state index is 9.68. The predicted octanol–water partition coefficient (Wildman–Crippen LogP) is 2.99. The number of benzene rings is 2. The smallest absolute Gasteiger partial charge is 0.190 e. The second-order valence-corrected chi connectivity index (χ2v) is 8.32. The van der Waals surface area contributed by atoms with Gasteiger partial charge in [-0.25, -0.2) is 0 Å². The zero-order valence-corrected chi connectivity index (χ0v) is 17.6. The fourth-order valence-corrected chi connectivity index (χ4v) is 4.15. The van der Waals surface area contributed by atoms with Crippen LogP contribution in [0.3, 0.4) is 0 Å². The molecule has 2 fully saturated rings. The topological polar surface area (TPSA) is 69.2 Å². The molecule has 4 rings (SSSR count). The summed E-state index contributed by atoms with van der Waals surface area (Å²) in [6, 6.07) is 20.1. The summed E-state index contributed by atoms with van der Waals surface area (Å²) < 4.78 is 24.7. The Labute approximate surface area is 178 Å². The van der Waals surface area contributed by atoms with Crippen LogP contribution in [0.25, 0.3) is 0 Å². The normalized spacial score (nSPS) is 28.4. The zero-order valence-electron chi connectivity index (χ0n) is 17.6. The molecule has 2 saturated heterocycles. The molecule has 0 bridgehead atoms. The number of ether oxygens (including phenoxy) is 4. The van der Waals surface area contributed by atoms with E-state index in [0.717, 1.165) is 5.56 Å². The Balaban J connectivity index is 1.48. The van der Waals surface area contributed by atoms with Crippen LogP contribution >= 0.6 is 0 Å². The highest BCUT2D eigenvalue weighted by Gasteiger charge is 2.56. The lowest BCUT2D eigenvalue weighted by molar-refractivity contribution is -0.223. The quantitative estimate of drug-likeness (QED) is 0.659. The summed E-state index contributed by atoms with van der Waals surface area (Å²) in [5, 5.41) is 13.2. The Morgan fingerprint density at radius 3 is 2.33 bits per heavy atom. The summed E-state index contributed by atoms with van der Waals surface area (Å²) in [4.78, 5) is 0. The van der Waals surface area contributed by atoms with Crippen LogP contribution in [-0.4, -0.2) is 48.1 Å². The van der Waals surface area contributed by atoms with E-state index in [1.807, 2.05) is 62.4 Å². The van der Waals surface area contributed by atoms with E-state index < -0.39 is 12.1 Å². The van der Waals surface area contributed by atoms with Crippen molar-refractivity contribution in [2.75, 3.05) is 6.61 Å². The third-order valence-corrected chi connectivity index (χ3v) is 5.56. The number of nitrogens with one attached hydrogen (secondary N) is 1. The van der Waals surface area contributed by atoms with Gasteiger partial charge < -0.3 is 29.4 Å². The Bertz CT molecular complexity index is 785. The minimum Gasteiger partial charge on any atom is -0.396 e. The molecule has 2 aromatic carbocycles. The van der Waals surface area contributed by atoms with Gasteiger partial charge in [-0.05, 0) is 31.4 Å². The maximum atomic E-state index is 9.68. The van der Waals surface area contributed by atoms with Gasteiger partial charge in [-0.2, -0.15) is 0 Å². The average molecular weight is 414 g/mol. The number of hydrogen-bond acceptors (Lipinski definition) is 6. The third-order valence-electron chi connectivity index (χ3n) is 5.56. The molecule has 5 atom stereocenters. The van der Waals surface area contributed by atoms with Crippen molar-refractivity contribution in [3.63, 3.8) is 0 Å². The van der Waals surface area contributed by atoms with Crippen molar-refractivity contribution in [3.8, 4) is 0 Å². The van der Waals surface area contributed by atoms with E-state index >= 15 is 0 Å². The highest BCUT2D eigenvalue weighted by molar-refractivity contribution is 5.15. The number of fused-ring (bicyclic) bond motifs is 1. The van der Waals surface area contributed by atoms with E-state index in [-0.39, 0.29) is 31.0 Å². The van der Waals surface area contributed by atoms with Crippen LogP contribution in [0.2, 0.25) is 0 Å². The molecule has 2 aromatic rings. The fraction of sp³-hybridized carbons (Fsp3) is 0.500. The SMILES string of the molecule is CC1(C)O[C@H]2O[C@H]([C@H](CCO)NCc3ccccc3)[C@H](OCc3ccccc3)[C@H]2O1. The zero-order chi connectivity index (χ0) is 21.0. The van der Waals surface area contributed by atoms with E-state index in [0.29, 0.717) is 19.6 Å². The van der Waals surface area contributed by atoms with Crippen LogP contribution < -0.4 is 5.32 Å². The van der Waals surface area contributed by atoms with E-state index in [4.69, 9.17) is 18.9 Å². The van der Waals surface area contributed by atoms with Gasteiger partial charge in [-0.1, -0.05) is 60.7 Å².